The molecule has 18 heteroatoms. The van der Waals surface area contributed by atoms with E-state index < -0.39 is 54.8 Å². The van der Waals surface area contributed by atoms with E-state index in [-0.39, 0.29) is 72.3 Å². The molecule has 29 heavy (non-hydrogen) atoms. The molecule has 0 spiro atoms. The Hall–Kier alpha value is -1.21. The standard InChI is InChI=1S/C6H8O7.C3H8O3.2CH2O3.2Na/c7-3(8)1-6(13,5(11)12)2-4(9)10;4-1-3(6)2-5;2*2-1(3)4;;/h13H,1-2H2,(H,7,8)(H,9,10)(H,11,12);3-6H,1-2H2;2*(H2,2,3,4);;/q;;;;2*+1/p-2. The van der Waals surface area contributed by atoms with Gasteiger partial charge in [0.1, 0.15) is 6.10 Å². The van der Waals surface area contributed by atoms with Crippen molar-refractivity contribution in [1.29, 1.82) is 0 Å². The molecule has 0 atom stereocenters. The van der Waals surface area contributed by atoms with E-state index in [1.807, 2.05) is 0 Å². The number of hydrogen-bond acceptors (Lipinski definition) is 11. The van der Waals surface area contributed by atoms with Crippen LogP contribution in [0, 0.1) is 0 Å². The van der Waals surface area contributed by atoms with Crippen molar-refractivity contribution >= 4 is 30.2 Å². The zero-order chi connectivity index (χ0) is 22.8. The van der Waals surface area contributed by atoms with Crippen LogP contribution in [0.5, 0.6) is 0 Å². The Bertz CT molecular complexity index is 441. The predicted octanol–water partition coefficient (Wildman–Crippen LogP) is -11.1. The van der Waals surface area contributed by atoms with E-state index in [4.69, 9.17) is 65.8 Å². The molecule has 16 nitrogen and oxygen atoms in total. The molecule has 0 fully saturated rings. The minimum absolute atomic E-state index is 0. The average Bonchev–Trinajstić information content (AvgIpc) is 2.43. The summed E-state index contributed by atoms with van der Waals surface area (Å²) in [5.74, 6) is -5.02. The maximum absolute atomic E-state index is 10.3. The largest absolute Gasteiger partial charge is 1.00 e. The predicted molar refractivity (Wildman–Crippen MR) is 73.3 cm³/mol. The van der Waals surface area contributed by atoms with Crippen molar-refractivity contribution in [2.75, 3.05) is 13.2 Å². The molecule has 0 aromatic heterocycles. The Morgan fingerprint density at radius 1 is 0.759 bits per heavy atom. The SMILES string of the molecule is O=C(O)CC(O)(CC(=O)O)C(=O)O.O=C(O)O.O=C([O-])[O-].OCC(O)CO.[Na+].[Na+]. The summed E-state index contributed by atoms with van der Waals surface area (Å²) in [5, 5.41) is 88.4. The number of carboxylic acid groups (broad SMARTS) is 7. The van der Waals surface area contributed by atoms with Gasteiger partial charge in [-0.05, 0) is 6.16 Å². The van der Waals surface area contributed by atoms with Gasteiger partial charge in [-0.2, -0.15) is 0 Å². The number of rotatable bonds is 7. The Morgan fingerprint density at radius 2 is 0.966 bits per heavy atom. The first-order chi connectivity index (χ1) is 12.0. The molecule has 0 bridgehead atoms. The molecule has 0 radical (unpaired) electrons. The van der Waals surface area contributed by atoms with Gasteiger partial charge in [0.15, 0.2) is 5.60 Å². The van der Waals surface area contributed by atoms with Gasteiger partial charge in [-0.3, -0.25) is 9.59 Å². The van der Waals surface area contributed by atoms with Crippen LogP contribution in [0.2, 0.25) is 0 Å². The van der Waals surface area contributed by atoms with E-state index in [0.717, 1.165) is 0 Å². The molecular weight excluding hydrogens is 434 g/mol. The summed E-state index contributed by atoms with van der Waals surface area (Å²) in [7, 11) is 0. The second-order valence-corrected chi connectivity index (χ2v) is 4.03. The molecule has 0 saturated carbocycles. The molecule has 0 heterocycles. The van der Waals surface area contributed by atoms with Crippen LogP contribution < -0.4 is 69.3 Å². The molecule has 160 valence electrons. The van der Waals surface area contributed by atoms with Gasteiger partial charge in [-0.25, -0.2) is 9.59 Å². The number of aliphatic hydroxyl groups excluding tert-OH is 3. The third kappa shape index (κ3) is 46.6. The van der Waals surface area contributed by atoms with Crippen LogP contribution in [0.4, 0.5) is 9.59 Å². The van der Waals surface area contributed by atoms with Gasteiger partial charge in [-0.1, -0.05) is 0 Å². The van der Waals surface area contributed by atoms with E-state index in [2.05, 4.69) is 0 Å². The minimum atomic E-state index is -2.74. The Labute approximate surface area is 206 Å². The van der Waals surface area contributed by atoms with Crippen LogP contribution >= 0.6 is 0 Å². The van der Waals surface area contributed by atoms with Crippen molar-refractivity contribution in [3.05, 3.63) is 0 Å². The van der Waals surface area contributed by atoms with Gasteiger partial charge < -0.3 is 61.0 Å². The van der Waals surface area contributed by atoms with Crippen molar-refractivity contribution in [3.63, 3.8) is 0 Å². The van der Waals surface area contributed by atoms with Crippen LogP contribution in [-0.2, 0) is 14.4 Å². The second kappa shape index (κ2) is 24.8. The molecular formula is C11H18Na2O16. The van der Waals surface area contributed by atoms with Crippen LogP contribution in [0.25, 0.3) is 0 Å². The summed E-state index contributed by atoms with van der Waals surface area (Å²) in [4.78, 5) is 47.4. The molecule has 9 N–H and O–H groups in total. The van der Waals surface area contributed by atoms with E-state index in [9.17, 15) is 14.4 Å². The molecule has 0 aliphatic heterocycles. The van der Waals surface area contributed by atoms with Crippen molar-refractivity contribution in [2.24, 2.45) is 0 Å². The molecule has 0 rings (SSSR count). The van der Waals surface area contributed by atoms with Crippen molar-refractivity contribution in [2.45, 2.75) is 24.5 Å². The Kier molecular flexibility index (Phi) is 36.0. The van der Waals surface area contributed by atoms with Crippen LogP contribution in [0.15, 0.2) is 0 Å². The fourth-order valence-corrected chi connectivity index (χ4v) is 0.772. The van der Waals surface area contributed by atoms with E-state index in [1.165, 1.54) is 0 Å². The smallest absolute Gasteiger partial charge is 0.652 e. The van der Waals surface area contributed by atoms with E-state index in [0.29, 0.717) is 0 Å². The quantitative estimate of drug-likeness (QED) is 0.162. The third-order valence-electron chi connectivity index (χ3n) is 1.71. The number of carbonyl (C=O) groups excluding carboxylic acids is 1. The van der Waals surface area contributed by atoms with E-state index in [1.54, 1.807) is 0 Å². The minimum Gasteiger partial charge on any atom is -0.652 e. The van der Waals surface area contributed by atoms with Gasteiger partial charge in [0.25, 0.3) is 0 Å². The number of aliphatic carboxylic acids is 3. The Morgan fingerprint density at radius 3 is 1.03 bits per heavy atom. The molecule has 0 aliphatic carbocycles. The topological polar surface area (TPSA) is 314 Å². The molecule has 0 aromatic rings. The summed E-state index contributed by atoms with van der Waals surface area (Å²) < 4.78 is 0. The first-order valence-corrected chi connectivity index (χ1v) is 6.14. The van der Waals surface area contributed by atoms with Crippen LogP contribution in [0.1, 0.15) is 12.8 Å². The monoisotopic (exact) mass is 452 g/mol. The number of carbonyl (C=O) groups is 5. The zero-order valence-corrected chi connectivity index (χ0v) is 19.3. The fourth-order valence-electron chi connectivity index (χ4n) is 0.772. The molecule has 0 aromatic carbocycles. The van der Waals surface area contributed by atoms with Gasteiger partial charge >= 0.3 is 83.2 Å². The molecule has 0 amide bonds. The summed E-state index contributed by atoms with van der Waals surface area (Å²) in [6.07, 6.45) is -7.41. The first kappa shape index (κ1) is 42.0. The number of hydrogen-bond donors (Lipinski definition) is 9. The maximum atomic E-state index is 10.3. The third-order valence-corrected chi connectivity index (χ3v) is 1.71. The normalized spacial score (nSPS) is 8.59. The van der Waals surface area contributed by atoms with Crippen LogP contribution in [0.3, 0.4) is 0 Å². The van der Waals surface area contributed by atoms with Crippen molar-refractivity contribution in [3.8, 4) is 0 Å². The van der Waals surface area contributed by atoms with E-state index >= 15 is 0 Å². The van der Waals surface area contributed by atoms with Gasteiger partial charge in [0.05, 0.1) is 26.1 Å². The van der Waals surface area contributed by atoms with Crippen LogP contribution in [-0.4, -0.2) is 101 Å². The van der Waals surface area contributed by atoms with Gasteiger partial charge in [-0.15, -0.1) is 0 Å². The van der Waals surface area contributed by atoms with Crippen molar-refractivity contribution < 1.29 is 139 Å². The molecule has 0 unspecified atom stereocenters. The van der Waals surface area contributed by atoms with Gasteiger partial charge in [0, 0.05) is 0 Å². The fraction of sp³-hybridized carbons (Fsp3) is 0.545. The molecule has 0 aliphatic rings. The average molecular weight is 452 g/mol. The zero-order valence-electron chi connectivity index (χ0n) is 15.3. The summed E-state index contributed by atoms with van der Waals surface area (Å²) in [6.45, 7) is -0.729. The number of carboxylic acids is 3. The first-order valence-electron chi connectivity index (χ1n) is 6.14. The molecule has 0 saturated heterocycles. The number of aliphatic hydroxyl groups is 4. The summed E-state index contributed by atoms with van der Waals surface area (Å²) >= 11 is 0. The van der Waals surface area contributed by atoms with Crippen molar-refractivity contribution in [1.82, 2.24) is 0 Å². The maximum Gasteiger partial charge on any atom is 1.00 e. The second-order valence-electron chi connectivity index (χ2n) is 4.03. The summed E-state index contributed by atoms with van der Waals surface area (Å²) in [6, 6.07) is 0. The Balaban J connectivity index is -0.0000000694. The van der Waals surface area contributed by atoms with Gasteiger partial charge in [0.2, 0.25) is 0 Å². The summed E-state index contributed by atoms with van der Waals surface area (Å²) in [5.41, 5.74) is -2.74.